The van der Waals surface area contributed by atoms with Gasteiger partial charge in [-0.15, -0.1) is 0 Å². The Labute approximate surface area is 120 Å². The van der Waals surface area contributed by atoms with Crippen molar-refractivity contribution in [2.45, 2.75) is 20.8 Å². The van der Waals surface area contributed by atoms with Gasteiger partial charge in [0.25, 0.3) is 0 Å². The lowest BCUT2D eigenvalue weighted by atomic mass is 10.3. The van der Waals surface area contributed by atoms with Gasteiger partial charge in [0.2, 0.25) is 11.8 Å². The lowest BCUT2D eigenvalue weighted by Gasteiger charge is -2.08. The summed E-state index contributed by atoms with van der Waals surface area (Å²) in [7, 11) is 1.64. The first-order valence-corrected chi connectivity index (χ1v) is 6.17. The molecule has 2 aromatic heterocycles. The van der Waals surface area contributed by atoms with Gasteiger partial charge in [0.1, 0.15) is 5.69 Å². The number of nitrogens with zero attached hydrogens (tertiary/aromatic N) is 5. The fraction of sp³-hybridized carbons (Fsp3) is 0.364. The molecule has 0 aliphatic rings. The molecule has 106 valence electrons. The lowest BCUT2D eigenvalue weighted by molar-refractivity contribution is -0.385. The molecule has 0 fully saturated rings. The van der Waals surface area contributed by atoms with Crippen molar-refractivity contribution in [3.05, 3.63) is 32.2 Å². The molecule has 0 saturated heterocycles. The number of aryl methyl sites for hydroxylation is 2. The smallest absolute Gasteiger partial charge is 0.334 e. The second-order valence-electron chi connectivity index (χ2n) is 4.21. The van der Waals surface area contributed by atoms with E-state index in [2.05, 4.69) is 20.4 Å². The molecule has 0 bridgehead atoms. The van der Waals surface area contributed by atoms with Gasteiger partial charge >= 0.3 is 5.69 Å². The second kappa shape index (κ2) is 5.04. The zero-order chi connectivity index (χ0) is 15.0. The minimum absolute atomic E-state index is 0.0966. The van der Waals surface area contributed by atoms with Gasteiger partial charge in [-0.3, -0.25) is 10.1 Å². The van der Waals surface area contributed by atoms with Gasteiger partial charge in [-0.05, 0) is 20.8 Å². The Kier molecular flexibility index (Phi) is 3.58. The molecule has 0 atom stereocenters. The lowest BCUT2D eigenvalue weighted by Crippen LogP contribution is -2.11. The van der Waals surface area contributed by atoms with Gasteiger partial charge in [-0.2, -0.15) is 10.1 Å². The van der Waals surface area contributed by atoms with E-state index in [1.807, 2.05) is 0 Å². The number of anilines is 1. The number of rotatable bonds is 3. The van der Waals surface area contributed by atoms with E-state index in [0.29, 0.717) is 16.4 Å². The molecule has 0 amide bonds. The van der Waals surface area contributed by atoms with Gasteiger partial charge < -0.3 is 5.32 Å². The Hall–Kier alpha value is -2.22. The van der Waals surface area contributed by atoms with Crippen molar-refractivity contribution in [1.29, 1.82) is 0 Å². The van der Waals surface area contributed by atoms with E-state index in [1.165, 1.54) is 4.68 Å². The molecule has 2 aromatic rings. The van der Waals surface area contributed by atoms with Gasteiger partial charge in [-0.25, -0.2) is 9.67 Å². The number of nitrogens with one attached hydrogen (secondary N) is 1. The Morgan fingerprint density at radius 2 is 1.90 bits per heavy atom. The highest BCUT2D eigenvalue weighted by atomic mass is 35.5. The summed E-state index contributed by atoms with van der Waals surface area (Å²) in [5, 5.41) is 18.7. The molecule has 2 rings (SSSR count). The third-order valence-corrected chi connectivity index (χ3v) is 3.40. The number of aromatic nitrogens is 4. The first kappa shape index (κ1) is 14.2. The largest absolute Gasteiger partial charge is 0.357 e. The molecular formula is C11H13ClN6O2. The van der Waals surface area contributed by atoms with E-state index in [1.54, 1.807) is 27.8 Å². The summed E-state index contributed by atoms with van der Waals surface area (Å²) in [6, 6.07) is 0. The number of hydrogen-bond donors (Lipinski definition) is 1. The summed E-state index contributed by atoms with van der Waals surface area (Å²) in [6.07, 6.45) is 0. The molecule has 0 radical (unpaired) electrons. The average molecular weight is 297 g/mol. The van der Waals surface area contributed by atoms with Crippen molar-refractivity contribution in [2.24, 2.45) is 0 Å². The normalized spacial score (nSPS) is 10.7. The molecule has 9 heteroatoms. The Bertz CT molecular complexity index is 697. The third kappa shape index (κ3) is 2.18. The van der Waals surface area contributed by atoms with E-state index >= 15 is 0 Å². The van der Waals surface area contributed by atoms with Crippen molar-refractivity contribution < 1.29 is 4.92 Å². The Balaban J connectivity index is 2.80. The molecule has 1 N–H and O–H groups in total. The van der Waals surface area contributed by atoms with Crippen LogP contribution in [-0.2, 0) is 0 Å². The number of nitro groups is 1. The molecule has 0 aromatic carbocycles. The van der Waals surface area contributed by atoms with E-state index < -0.39 is 4.92 Å². The van der Waals surface area contributed by atoms with Gasteiger partial charge in [-0.1, -0.05) is 11.6 Å². The monoisotopic (exact) mass is 296 g/mol. The molecule has 8 nitrogen and oxygen atoms in total. The molecule has 20 heavy (non-hydrogen) atoms. The predicted octanol–water partition coefficient (Wildman–Crippen LogP) is 2.19. The molecule has 0 aliphatic carbocycles. The van der Waals surface area contributed by atoms with E-state index in [0.717, 1.165) is 0 Å². The van der Waals surface area contributed by atoms with Crippen molar-refractivity contribution in [1.82, 2.24) is 19.7 Å². The van der Waals surface area contributed by atoms with Crippen LogP contribution in [0.1, 0.15) is 17.1 Å². The van der Waals surface area contributed by atoms with Gasteiger partial charge in [0.05, 0.1) is 21.3 Å². The second-order valence-corrected chi connectivity index (χ2v) is 4.59. The molecule has 0 unspecified atom stereocenters. The first-order chi connectivity index (χ1) is 9.36. The highest BCUT2D eigenvalue weighted by Crippen LogP contribution is 2.29. The maximum absolute atomic E-state index is 11.2. The van der Waals surface area contributed by atoms with Crippen LogP contribution in [0, 0.1) is 30.9 Å². The van der Waals surface area contributed by atoms with Crippen LogP contribution in [0.2, 0.25) is 5.02 Å². The quantitative estimate of drug-likeness (QED) is 0.688. The van der Waals surface area contributed by atoms with Crippen molar-refractivity contribution in [3.8, 4) is 5.82 Å². The maximum Gasteiger partial charge on any atom is 0.334 e. The third-order valence-electron chi connectivity index (χ3n) is 2.85. The minimum atomic E-state index is -0.519. The van der Waals surface area contributed by atoms with Crippen LogP contribution < -0.4 is 5.32 Å². The topological polar surface area (TPSA) is 98.8 Å². The van der Waals surface area contributed by atoms with Crippen LogP contribution in [0.5, 0.6) is 0 Å². The molecular weight excluding hydrogens is 284 g/mol. The fourth-order valence-electron chi connectivity index (χ4n) is 1.85. The summed E-state index contributed by atoms with van der Waals surface area (Å²) in [5.41, 5.74) is 1.24. The van der Waals surface area contributed by atoms with E-state index in [4.69, 9.17) is 11.6 Å². The Morgan fingerprint density at radius 1 is 1.25 bits per heavy atom. The summed E-state index contributed by atoms with van der Waals surface area (Å²) >= 11 is 6.08. The molecule has 2 heterocycles. The van der Waals surface area contributed by atoms with Crippen LogP contribution in [-0.4, -0.2) is 31.7 Å². The van der Waals surface area contributed by atoms with Crippen LogP contribution in [0.15, 0.2) is 0 Å². The molecule has 0 aliphatic heterocycles. The van der Waals surface area contributed by atoms with Crippen molar-refractivity contribution in [3.63, 3.8) is 0 Å². The summed E-state index contributed by atoms with van der Waals surface area (Å²) in [6.45, 7) is 5.00. The zero-order valence-corrected chi connectivity index (χ0v) is 12.2. The number of hydrogen-bond acceptors (Lipinski definition) is 6. The predicted molar refractivity (Wildman–Crippen MR) is 74.6 cm³/mol. The van der Waals surface area contributed by atoms with E-state index in [9.17, 15) is 10.1 Å². The average Bonchev–Trinajstić information content (AvgIpc) is 2.65. The molecule has 0 spiro atoms. The zero-order valence-electron chi connectivity index (χ0n) is 11.4. The first-order valence-electron chi connectivity index (χ1n) is 5.79. The highest BCUT2D eigenvalue weighted by molar-refractivity contribution is 6.31. The summed E-state index contributed by atoms with van der Waals surface area (Å²) < 4.78 is 1.37. The minimum Gasteiger partial charge on any atom is -0.357 e. The van der Waals surface area contributed by atoms with Crippen LogP contribution in [0.25, 0.3) is 5.82 Å². The number of halogens is 1. The molecule has 0 saturated carbocycles. The summed E-state index contributed by atoms with van der Waals surface area (Å²) in [4.78, 5) is 18.9. The van der Waals surface area contributed by atoms with Gasteiger partial charge in [0, 0.05) is 7.05 Å². The van der Waals surface area contributed by atoms with Gasteiger partial charge in [0.15, 0.2) is 0 Å². The maximum atomic E-state index is 11.2. The van der Waals surface area contributed by atoms with E-state index in [-0.39, 0.29) is 23.1 Å². The van der Waals surface area contributed by atoms with Crippen LogP contribution in [0.4, 0.5) is 11.6 Å². The standard InChI is InChI=1S/C11H13ClN6O2/c1-5-8(12)7(3)17(16-5)10-9(18(19)20)6(2)14-11(13-4)15-10/h1-4H3,(H,13,14,15). The highest BCUT2D eigenvalue weighted by Gasteiger charge is 2.26. The van der Waals surface area contributed by atoms with Crippen molar-refractivity contribution in [2.75, 3.05) is 12.4 Å². The van der Waals surface area contributed by atoms with Crippen LogP contribution >= 0.6 is 11.6 Å². The SMILES string of the molecule is CNc1nc(C)c([N+](=O)[O-])c(-n2nc(C)c(Cl)c2C)n1. The van der Waals surface area contributed by atoms with Crippen molar-refractivity contribution >= 4 is 23.2 Å². The summed E-state index contributed by atoms with van der Waals surface area (Å²) in [5.74, 6) is 0.381. The Morgan fingerprint density at radius 3 is 2.35 bits per heavy atom. The van der Waals surface area contributed by atoms with Crippen LogP contribution in [0.3, 0.4) is 0 Å². The fourth-order valence-corrected chi connectivity index (χ4v) is 1.97.